The van der Waals surface area contributed by atoms with Crippen LogP contribution in [0.4, 0.5) is 0 Å². The second kappa shape index (κ2) is 4.08. The molecule has 1 aliphatic heterocycles. The summed E-state index contributed by atoms with van der Waals surface area (Å²) in [5.41, 5.74) is 1.27. The third-order valence-electron chi connectivity index (χ3n) is 4.46. The van der Waals surface area contributed by atoms with Gasteiger partial charge in [-0.05, 0) is 37.7 Å². The lowest BCUT2D eigenvalue weighted by molar-refractivity contribution is -0.139. The molecule has 1 aromatic heterocycles. The molecule has 0 aromatic carbocycles. The van der Waals surface area contributed by atoms with E-state index in [1.54, 1.807) is 11.0 Å². The first kappa shape index (κ1) is 12.2. The first-order chi connectivity index (χ1) is 9.02. The molecule has 1 aromatic rings. The highest BCUT2D eigenvalue weighted by Crippen LogP contribution is 2.59. The van der Waals surface area contributed by atoms with Crippen LogP contribution in [-0.4, -0.2) is 45.2 Å². The Morgan fingerprint density at radius 3 is 2.63 bits per heavy atom. The summed E-state index contributed by atoms with van der Waals surface area (Å²) in [6, 6.07) is 1.74. The summed E-state index contributed by atoms with van der Waals surface area (Å²) in [4.78, 5) is 24.9. The minimum Gasteiger partial charge on any atom is -0.481 e. The fourth-order valence-corrected chi connectivity index (χ4v) is 3.09. The third-order valence-corrected chi connectivity index (χ3v) is 4.46. The molecule has 1 aliphatic carbocycles. The maximum Gasteiger partial charge on any atom is 0.307 e. The number of piperidine rings is 1. The Morgan fingerprint density at radius 1 is 1.47 bits per heavy atom. The van der Waals surface area contributed by atoms with E-state index in [0.717, 1.165) is 25.0 Å². The van der Waals surface area contributed by atoms with Gasteiger partial charge in [0.15, 0.2) is 0 Å². The summed E-state index contributed by atoms with van der Waals surface area (Å²) in [5, 5.41) is 15.8. The van der Waals surface area contributed by atoms with Crippen LogP contribution in [0.5, 0.6) is 0 Å². The minimum atomic E-state index is -0.692. The number of aliphatic carboxylic acids is 1. The first-order valence-electron chi connectivity index (χ1n) is 6.56. The summed E-state index contributed by atoms with van der Waals surface area (Å²) in [5.74, 6) is -0.952. The van der Waals surface area contributed by atoms with E-state index in [4.69, 9.17) is 5.11 Å². The van der Waals surface area contributed by atoms with Crippen LogP contribution >= 0.6 is 0 Å². The van der Waals surface area contributed by atoms with Gasteiger partial charge in [0.05, 0.1) is 5.92 Å². The fourth-order valence-electron chi connectivity index (χ4n) is 3.09. The Morgan fingerprint density at radius 2 is 2.16 bits per heavy atom. The van der Waals surface area contributed by atoms with Crippen molar-refractivity contribution < 1.29 is 14.7 Å². The van der Waals surface area contributed by atoms with Crippen molar-refractivity contribution in [1.29, 1.82) is 0 Å². The number of hydrogen-bond acceptors (Lipinski definition) is 3. The maximum absolute atomic E-state index is 12.2. The van der Waals surface area contributed by atoms with Crippen LogP contribution < -0.4 is 0 Å². The first-order valence-corrected chi connectivity index (χ1v) is 6.56. The standard InChI is InChI=1S/C13H17N3O3/c1-8-6-10(15-14-8)11(17)16-4-2-13(3-5-16)7-9(13)12(18)19/h6,9H,2-5,7H2,1H3,(H,14,15)(H,18,19). The molecule has 1 saturated heterocycles. The molecule has 2 fully saturated rings. The molecular formula is C13H17N3O3. The van der Waals surface area contributed by atoms with E-state index in [1.165, 1.54) is 0 Å². The number of H-pyrrole nitrogens is 1. The van der Waals surface area contributed by atoms with E-state index in [9.17, 15) is 9.59 Å². The predicted molar refractivity (Wildman–Crippen MR) is 66.6 cm³/mol. The largest absolute Gasteiger partial charge is 0.481 e. The molecule has 0 bridgehead atoms. The van der Waals surface area contributed by atoms with Crippen LogP contribution in [0.1, 0.15) is 35.4 Å². The molecular weight excluding hydrogens is 246 g/mol. The number of likely N-dealkylation sites (tertiary alicyclic amines) is 1. The molecule has 2 heterocycles. The number of aryl methyl sites for hydroxylation is 1. The molecule has 1 amide bonds. The smallest absolute Gasteiger partial charge is 0.307 e. The Hall–Kier alpha value is -1.85. The van der Waals surface area contributed by atoms with Gasteiger partial charge in [-0.2, -0.15) is 5.10 Å². The van der Waals surface area contributed by atoms with Crippen molar-refractivity contribution in [2.24, 2.45) is 11.3 Å². The van der Waals surface area contributed by atoms with Crippen molar-refractivity contribution in [3.8, 4) is 0 Å². The van der Waals surface area contributed by atoms with E-state index < -0.39 is 5.97 Å². The minimum absolute atomic E-state index is 0.0376. The Balaban J connectivity index is 1.62. The number of amides is 1. The lowest BCUT2D eigenvalue weighted by Gasteiger charge is -2.32. The highest BCUT2D eigenvalue weighted by molar-refractivity contribution is 5.92. The molecule has 1 atom stereocenters. The number of carboxylic acids is 1. The van der Waals surface area contributed by atoms with Crippen molar-refractivity contribution >= 4 is 11.9 Å². The number of nitrogens with zero attached hydrogens (tertiary/aromatic N) is 2. The van der Waals surface area contributed by atoms with E-state index >= 15 is 0 Å². The summed E-state index contributed by atoms with van der Waals surface area (Å²) in [7, 11) is 0. The Labute approximate surface area is 110 Å². The molecule has 2 aliphatic rings. The van der Waals surface area contributed by atoms with Gasteiger partial charge in [0.25, 0.3) is 5.91 Å². The van der Waals surface area contributed by atoms with E-state index in [-0.39, 0.29) is 17.2 Å². The summed E-state index contributed by atoms with van der Waals surface area (Å²) >= 11 is 0. The number of carbonyl (C=O) groups excluding carboxylic acids is 1. The quantitative estimate of drug-likeness (QED) is 0.835. The second-order valence-electron chi connectivity index (χ2n) is 5.69. The lowest BCUT2D eigenvalue weighted by Crippen LogP contribution is -2.40. The molecule has 102 valence electrons. The van der Waals surface area contributed by atoms with Gasteiger partial charge in [-0.3, -0.25) is 14.7 Å². The molecule has 1 unspecified atom stereocenters. The van der Waals surface area contributed by atoms with Gasteiger partial charge in [-0.15, -0.1) is 0 Å². The predicted octanol–water partition coefficient (Wildman–Crippen LogP) is 1.05. The highest BCUT2D eigenvalue weighted by Gasteiger charge is 2.59. The van der Waals surface area contributed by atoms with Crippen LogP contribution in [0.2, 0.25) is 0 Å². The zero-order chi connectivity index (χ0) is 13.6. The topological polar surface area (TPSA) is 86.3 Å². The SMILES string of the molecule is Cc1cc(C(=O)N2CCC3(CC2)CC3C(=O)O)n[nH]1. The van der Waals surface area contributed by atoms with Crippen LogP contribution in [0.15, 0.2) is 6.07 Å². The number of hydrogen-bond donors (Lipinski definition) is 2. The van der Waals surface area contributed by atoms with Crippen LogP contribution in [0.25, 0.3) is 0 Å². The van der Waals surface area contributed by atoms with E-state index in [2.05, 4.69) is 10.2 Å². The monoisotopic (exact) mass is 263 g/mol. The van der Waals surface area contributed by atoms with Gasteiger partial charge in [0.2, 0.25) is 0 Å². The van der Waals surface area contributed by atoms with Gasteiger partial charge in [-0.25, -0.2) is 0 Å². The molecule has 0 radical (unpaired) electrons. The lowest BCUT2D eigenvalue weighted by atomic mass is 9.90. The Bertz CT molecular complexity index is 529. The van der Waals surface area contributed by atoms with Crippen molar-refractivity contribution in [2.75, 3.05) is 13.1 Å². The summed E-state index contributed by atoms with van der Waals surface area (Å²) < 4.78 is 0. The maximum atomic E-state index is 12.2. The second-order valence-corrected chi connectivity index (χ2v) is 5.69. The van der Waals surface area contributed by atoms with Gasteiger partial charge in [0, 0.05) is 18.8 Å². The van der Waals surface area contributed by atoms with Gasteiger partial charge < -0.3 is 10.0 Å². The summed E-state index contributed by atoms with van der Waals surface area (Å²) in [6.07, 6.45) is 2.35. The number of carbonyl (C=O) groups is 2. The number of aromatic amines is 1. The van der Waals surface area contributed by atoms with Crippen molar-refractivity contribution in [3.05, 3.63) is 17.5 Å². The number of carboxylic acid groups (broad SMARTS) is 1. The third kappa shape index (κ3) is 2.01. The van der Waals surface area contributed by atoms with Crippen LogP contribution in [0, 0.1) is 18.3 Å². The van der Waals surface area contributed by atoms with E-state index in [0.29, 0.717) is 18.8 Å². The summed E-state index contributed by atoms with van der Waals surface area (Å²) in [6.45, 7) is 3.12. The van der Waals surface area contributed by atoms with Crippen molar-refractivity contribution in [1.82, 2.24) is 15.1 Å². The van der Waals surface area contributed by atoms with E-state index in [1.807, 2.05) is 6.92 Å². The average molecular weight is 263 g/mol. The molecule has 6 heteroatoms. The molecule has 1 spiro atoms. The van der Waals surface area contributed by atoms with Gasteiger partial charge in [-0.1, -0.05) is 0 Å². The normalized spacial score (nSPS) is 24.5. The Kier molecular flexibility index (Phi) is 2.62. The molecule has 1 saturated carbocycles. The highest BCUT2D eigenvalue weighted by atomic mass is 16.4. The van der Waals surface area contributed by atoms with Crippen molar-refractivity contribution in [3.63, 3.8) is 0 Å². The average Bonchev–Trinajstić information content (AvgIpc) is 2.91. The number of aromatic nitrogens is 2. The number of nitrogens with one attached hydrogen (secondary N) is 1. The molecule has 3 rings (SSSR count). The van der Waals surface area contributed by atoms with Crippen LogP contribution in [-0.2, 0) is 4.79 Å². The molecule has 6 nitrogen and oxygen atoms in total. The van der Waals surface area contributed by atoms with Crippen molar-refractivity contribution in [2.45, 2.75) is 26.2 Å². The van der Waals surface area contributed by atoms with Gasteiger partial charge >= 0.3 is 5.97 Å². The number of rotatable bonds is 2. The van der Waals surface area contributed by atoms with Gasteiger partial charge in [0.1, 0.15) is 5.69 Å². The van der Waals surface area contributed by atoms with Crippen LogP contribution in [0.3, 0.4) is 0 Å². The zero-order valence-electron chi connectivity index (χ0n) is 10.8. The molecule has 2 N–H and O–H groups in total. The zero-order valence-corrected chi connectivity index (χ0v) is 10.8. The fraction of sp³-hybridized carbons (Fsp3) is 0.615. The molecule has 19 heavy (non-hydrogen) atoms.